The lowest BCUT2D eigenvalue weighted by Gasteiger charge is -2.29. The molecule has 1 aliphatic heterocycles. The van der Waals surface area contributed by atoms with Crippen molar-refractivity contribution >= 4 is 34.0 Å². The number of carbonyl (C=O) groups excluding carboxylic acids is 1. The molecule has 180 valence electrons. The highest BCUT2D eigenvalue weighted by molar-refractivity contribution is 6.00. The standard InChI is InChI=1S/C24H23F2N7O2/c1-13-10-16-20(26)18(11-17(25)21(16)31-13)35-24-19(22(27)34)23(29-12-30-24)32-14-2-4-15(5-3-14)33-8-6-28-7-9-33/h2-5,10-12,28,31H,6-9H2,1H3,(H2,27,34)(H,29,30,32). The molecule has 3 heterocycles. The third-order valence-corrected chi connectivity index (χ3v) is 5.78. The van der Waals surface area contributed by atoms with Gasteiger partial charge in [0, 0.05) is 54.7 Å². The fourth-order valence-electron chi connectivity index (χ4n) is 4.09. The van der Waals surface area contributed by atoms with Crippen molar-refractivity contribution in [2.75, 3.05) is 36.4 Å². The molecule has 1 aliphatic rings. The van der Waals surface area contributed by atoms with Crippen molar-refractivity contribution in [3.8, 4) is 11.6 Å². The maximum absolute atomic E-state index is 15.0. The van der Waals surface area contributed by atoms with Gasteiger partial charge in [-0.3, -0.25) is 4.79 Å². The number of piperazine rings is 1. The summed E-state index contributed by atoms with van der Waals surface area (Å²) in [6.07, 6.45) is 1.15. The van der Waals surface area contributed by atoms with E-state index < -0.39 is 23.3 Å². The smallest absolute Gasteiger partial charge is 0.258 e. The van der Waals surface area contributed by atoms with Gasteiger partial charge in [-0.1, -0.05) is 0 Å². The molecular weight excluding hydrogens is 456 g/mol. The topological polar surface area (TPSA) is 121 Å². The Bertz CT molecular complexity index is 1400. The van der Waals surface area contributed by atoms with Crippen LogP contribution in [-0.4, -0.2) is 47.0 Å². The zero-order valence-corrected chi connectivity index (χ0v) is 18.9. The van der Waals surface area contributed by atoms with Gasteiger partial charge in [0.25, 0.3) is 5.91 Å². The minimum atomic E-state index is -0.889. The number of aromatic nitrogens is 3. The lowest BCUT2D eigenvalue weighted by atomic mass is 10.2. The number of anilines is 3. The minimum Gasteiger partial charge on any atom is -0.435 e. The van der Waals surface area contributed by atoms with Gasteiger partial charge in [-0.2, -0.15) is 0 Å². The second-order valence-electron chi connectivity index (χ2n) is 8.19. The van der Waals surface area contributed by atoms with Crippen molar-refractivity contribution in [1.29, 1.82) is 0 Å². The molecular formula is C24H23F2N7O2. The molecule has 1 amide bonds. The minimum absolute atomic E-state index is 0.0232. The number of benzene rings is 2. The van der Waals surface area contributed by atoms with Crippen LogP contribution in [0.4, 0.5) is 26.0 Å². The van der Waals surface area contributed by atoms with Gasteiger partial charge in [-0.15, -0.1) is 0 Å². The van der Waals surface area contributed by atoms with Crippen molar-refractivity contribution in [2.45, 2.75) is 6.92 Å². The normalized spacial score (nSPS) is 13.7. The number of hydrogen-bond acceptors (Lipinski definition) is 7. The van der Waals surface area contributed by atoms with Crippen LogP contribution in [-0.2, 0) is 0 Å². The first-order chi connectivity index (χ1) is 16.9. The Hall–Kier alpha value is -4.25. The molecule has 0 aliphatic carbocycles. The Labute approximate surface area is 199 Å². The third kappa shape index (κ3) is 4.45. The molecule has 0 spiro atoms. The first-order valence-electron chi connectivity index (χ1n) is 11.0. The number of ether oxygens (including phenoxy) is 1. The molecule has 9 nitrogen and oxygen atoms in total. The number of nitrogens with zero attached hydrogens (tertiary/aromatic N) is 3. The lowest BCUT2D eigenvalue weighted by molar-refractivity contribution is 0.0998. The molecule has 5 rings (SSSR count). The predicted molar refractivity (Wildman–Crippen MR) is 128 cm³/mol. The number of aromatic amines is 1. The van der Waals surface area contributed by atoms with Crippen molar-refractivity contribution in [3.05, 3.63) is 65.6 Å². The van der Waals surface area contributed by atoms with Gasteiger partial charge in [0.1, 0.15) is 11.9 Å². The zero-order chi connectivity index (χ0) is 24.5. The van der Waals surface area contributed by atoms with Gasteiger partial charge in [0.2, 0.25) is 5.88 Å². The zero-order valence-electron chi connectivity index (χ0n) is 18.9. The fourth-order valence-corrected chi connectivity index (χ4v) is 4.09. The van der Waals surface area contributed by atoms with E-state index in [2.05, 4.69) is 30.5 Å². The van der Waals surface area contributed by atoms with Gasteiger partial charge in [0.05, 0.1) is 5.52 Å². The van der Waals surface area contributed by atoms with E-state index in [0.717, 1.165) is 44.3 Å². The molecule has 11 heteroatoms. The van der Waals surface area contributed by atoms with Crippen LogP contribution in [0.1, 0.15) is 16.1 Å². The van der Waals surface area contributed by atoms with Gasteiger partial charge in [-0.25, -0.2) is 18.7 Å². The van der Waals surface area contributed by atoms with Crippen molar-refractivity contribution in [2.24, 2.45) is 5.73 Å². The Morgan fingerprint density at radius 3 is 2.60 bits per heavy atom. The van der Waals surface area contributed by atoms with Crippen LogP contribution < -0.4 is 26.0 Å². The van der Waals surface area contributed by atoms with E-state index in [1.165, 1.54) is 6.07 Å². The Morgan fingerprint density at radius 1 is 1.14 bits per heavy atom. The van der Waals surface area contributed by atoms with Crippen LogP contribution in [0.2, 0.25) is 0 Å². The van der Waals surface area contributed by atoms with Crippen LogP contribution in [0.15, 0.2) is 42.7 Å². The van der Waals surface area contributed by atoms with E-state index in [1.54, 1.807) is 6.92 Å². The second-order valence-corrected chi connectivity index (χ2v) is 8.19. The van der Waals surface area contributed by atoms with E-state index >= 15 is 4.39 Å². The number of carbonyl (C=O) groups is 1. The van der Waals surface area contributed by atoms with E-state index in [4.69, 9.17) is 10.5 Å². The van der Waals surface area contributed by atoms with Crippen LogP contribution in [0.3, 0.4) is 0 Å². The molecule has 0 radical (unpaired) electrons. The number of primary amides is 1. The molecule has 4 aromatic rings. The quantitative estimate of drug-likeness (QED) is 0.333. The summed E-state index contributed by atoms with van der Waals surface area (Å²) >= 11 is 0. The number of amides is 1. The van der Waals surface area contributed by atoms with E-state index in [1.807, 2.05) is 24.3 Å². The number of hydrogen-bond donors (Lipinski definition) is 4. The summed E-state index contributed by atoms with van der Waals surface area (Å²) in [6.45, 7) is 5.36. The van der Waals surface area contributed by atoms with Crippen molar-refractivity contribution in [1.82, 2.24) is 20.3 Å². The third-order valence-electron chi connectivity index (χ3n) is 5.78. The van der Waals surface area contributed by atoms with Gasteiger partial charge in [-0.05, 0) is 37.3 Å². The molecule has 2 aromatic heterocycles. The monoisotopic (exact) mass is 479 g/mol. The molecule has 1 fully saturated rings. The highest BCUT2D eigenvalue weighted by Crippen LogP contribution is 2.34. The maximum Gasteiger partial charge on any atom is 0.258 e. The molecule has 35 heavy (non-hydrogen) atoms. The summed E-state index contributed by atoms with van der Waals surface area (Å²) in [4.78, 5) is 25.4. The number of halogens is 2. The number of nitrogens with one attached hydrogen (secondary N) is 3. The molecule has 0 atom stereocenters. The van der Waals surface area contributed by atoms with Gasteiger partial charge >= 0.3 is 0 Å². The summed E-state index contributed by atoms with van der Waals surface area (Å²) in [5.74, 6) is -3.03. The van der Waals surface area contributed by atoms with Crippen molar-refractivity contribution in [3.63, 3.8) is 0 Å². The number of nitrogens with two attached hydrogens (primary N) is 1. The molecule has 0 saturated carbocycles. The summed E-state index contributed by atoms with van der Waals surface area (Å²) in [7, 11) is 0. The Balaban J connectivity index is 1.44. The first-order valence-corrected chi connectivity index (χ1v) is 11.0. The summed E-state index contributed by atoms with van der Waals surface area (Å²) in [6, 6.07) is 9.98. The summed E-state index contributed by atoms with van der Waals surface area (Å²) in [5.41, 5.74) is 7.73. The molecule has 2 aromatic carbocycles. The maximum atomic E-state index is 15.0. The summed E-state index contributed by atoms with van der Waals surface area (Å²) in [5, 5.41) is 6.37. The number of aryl methyl sites for hydroxylation is 1. The Kier molecular flexibility index (Phi) is 5.91. The summed E-state index contributed by atoms with van der Waals surface area (Å²) < 4.78 is 35.1. The molecule has 1 saturated heterocycles. The van der Waals surface area contributed by atoms with Crippen LogP contribution in [0, 0.1) is 18.6 Å². The lowest BCUT2D eigenvalue weighted by Crippen LogP contribution is -2.43. The second kappa shape index (κ2) is 9.18. The largest absolute Gasteiger partial charge is 0.435 e. The number of fused-ring (bicyclic) bond motifs is 1. The number of rotatable bonds is 6. The SMILES string of the molecule is Cc1cc2c(F)c(Oc3ncnc(Nc4ccc(N5CCNCC5)cc4)c3C(N)=O)cc(F)c2[nH]1. The van der Waals surface area contributed by atoms with Crippen LogP contribution in [0.5, 0.6) is 11.6 Å². The number of H-pyrrole nitrogens is 1. The van der Waals surface area contributed by atoms with Crippen molar-refractivity contribution < 1.29 is 18.3 Å². The van der Waals surface area contributed by atoms with E-state index in [0.29, 0.717) is 11.4 Å². The molecule has 0 bridgehead atoms. The van der Waals surface area contributed by atoms with E-state index in [9.17, 15) is 9.18 Å². The first kappa shape index (κ1) is 22.5. The average Bonchev–Trinajstić information content (AvgIpc) is 3.26. The fraction of sp³-hybridized carbons (Fsp3) is 0.208. The predicted octanol–water partition coefficient (Wildman–Crippen LogP) is 3.59. The highest BCUT2D eigenvalue weighted by atomic mass is 19.1. The molecule has 5 N–H and O–H groups in total. The van der Waals surface area contributed by atoms with Crippen LogP contribution in [0.25, 0.3) is 10.9 Å². The van der Waals surface area contributed by atoms with Gasteiger partial charge < -0.3 is 31.0 Å². The highest BCUT2D eigenvalue weighted by Gasteiger charge is 2.22. The van der Waals surface area contributed by atoms with Crippen LogP contribution >= 0.6 is 0 Å². The average molecular weight is 479 g/mol. The Morgan fingerprint density at radius 2 is 1.89 bits per heavy atom. The molecule has 0 unspecified atom stereocenters. The van der Waals surface area contributed by atoms with E-state index in [-0.39, 0.29) is 28.2 Å². The van der Waals surface area contributed by atoms with Gasteiger partial charge in [0.15, 0.2) is 23.2 Å².